The lowest BCUT2D eigenvalue weighted by molar-refractivity contribution is 0.581. The Labute approximate surface area is 137 Å². The molecule has 3 aromatic rings. The first kappa shape index (κ1) is 15.6. The third-order valence-electron chi connectivity index (χ3n) is 3.72. The Morgan fingerprint density at radius 3 is 2.52 bits per heavy atom. The number of rotatable bonds is 3. The number of aryl methyl sites for hydroxylation is 1. The minimum atomic E-state index is -0.657. The van der Waals surface area contributed by atoms with Crippen molar-refractivity contribution >= 4 is 17.0 Å². The van der Waals surface area contributed by atoms with E-state index in [-0.39, 0.29) is 11.7 Å². The van der Waals surface area contributed by atoms with E-state index in [9.17, 15) is 8.78 Å². The predicted molar refractivity (Wildman–Crippen MR) is 88.9 cm³/mol. The first-order valence-electron chi connectivity index (χ1n) is 7.27. The molecule has 0 spiro atoms. The molecular formula is C18H16F2N2S. The van der Waals surface area contributed by atoms with Crippen LogP contribution in [0.2, 0.25) is 0 Å². The van der Waals surface area contributed by atoms with E-state index < -0.39 is 11.6 Å². The molecule has 0 aliphatic heterocycles. The van der Waals surface area contributed by atoms with Gasteiger partial charge in [0.25, 0.3) is 0 Å². The molecule has 0 fully saturated rings. The molecule has 1 unspecified atom stereocenters. The quantitative estimate of drug-likeness (QED) is 0.644. The molecule has 0 aliphatic rings. The molecule has 1 atom stereocenters. The van der Waals surface area contributed by atoms with E-state index in [1.54, 1.807) is 0 Å². The molecule has 0 saturated carbocycles. The first-order valence-corrected chi connectivity index (χ1v) is 8.15. The van der Waals surface area contributed by atoms with Gasteiger partial charge in [-0.1, -0.05) is 30.3 Å². The van der Waals surface area contributed by atoms with Crippen LogP contribution in [0.15, 0.2) is 58.9 Å². The summed E-state index contributed by atoms with van der Waals surface area (Å²) in [4.78, 5) is 5.07. The fourth-order valence-corrected chi connectivity index (χ4v) is 3.47. The summed E-state index contributed by atoms with van der Waals surface area (Å²) in [5, 5.41) is 1.99. The van der Waals surface area contributed by atoms with Gasteiger partial charge in [-0.15, -0.1) is 11.3 Å². The van der Waals surface area contributed by atoms with Crippen LogP contribution >= 0.6 is 11.3 Å². The first-order chi connectivity index (χ1) is 11.1. The van der Waals surface area contributed by atoms with Crippen molar-refractivity contribution in [3.8, 4) is 0 Å². The van der Waals surface area contributed by atoms with Gasteiger partial charge in [0.2, 0.25) is 0 Å². The van der Waals surface area contributed by atoms with Crippen LogP contribution in [0.25, 0.3) is 0 Å². The fourth-order valence-electron chi connectivity index (χ4n) is 2.51. The molecule has 0 bridgehead atoms. The second-order valence-corrected chi connectivity index (χ2v) is 6.16. The maximum atomic E-state index is 13.9. The van der Waals surface area contributed by atoms with Crippen LogP contribution in [0, 0.1) is 18.6 Å². The highest BCUT2D eigenvalue weighted by Gasteiger charge is 2.12. The molecule has 3 rings (SSSR count). The lowest BCUT2D eigenvalue weighted by Crippen LogP contribution is -2.21. The van der Waals surface area contributed by atoms with Gasteiger partial charge in [-0.25, -0.2) is 13.8 Å². The largest absolute Gasteiger partial charge is 0.314 e. The molecule has 0 radical (unpaired) electrons. The van der Waals surface area contributed by atoms with E-state index in [0.717, 1.165) is 17.3 Å². The van der Waals surface area contributed by atoms with Gasteiger partial charge in [-0.05, 0) is 31.5 Å². The van der Waals surface area contributed by atoms with Crippen molar-refractivity contribution in [2.45, 2.75) is 19.9 Å². The van der Waals surface area contributed by atoms with Gasteiger partial charge >= 0.3 is 0 Å². The summed E-state index contributed by atoms with van der Waals surface area (Å²) in [6, 6.07) is 13.6. The summed E-state index contributed by atoms with van der Waals surface area (Å²) in [6.45, 7) is 4.07. The van der Waals surface area contributed by atoms with Crippen LogP contribution in [0.4, 0.5) is 14.5 Å². The topological polar surface area (TPSA) is 17.3 Å². The zero-order chi connectivity index (χ0) is 16.4. The minimum absolute atomic E-state index is 0.0738. The molecule has 1 aromatic heterocycles. The van der Waals surface area contributed by atoms with Gasteiger partial charge in [-0.2, -0.15) is 0 Å². The molecule has 0 saturated heterocycles. The van der Waals surface area contributed by atoms with E-state index in [4.69, 9.17) is 0 Å². The van der Waals surface area contributed by atoms with Gasteiger partial charge in [-0.3, -0.25) is 0 Å². The Hall–Kier alpha value is -2.27. The van der Waals surface area contributed by atoms with Crippen LogP contribution < -0.4 is 4.80 Å². The van der Waals surface area contributed by atoms with E-state index in [0.29, 0.717) is 4.80 Å². The smallest absolute Gasteiger partial charge is 0.190 e. The Balaban J connectivity index is 2.10. The number of hydrogen-bond acceptors (Lipinski definition) is 2. The highest BCUT2D eigenvalue weighted by Crippen LogP contribution is 2.21. The molecule has 118 valence electrons. The van der Waals surface area contributed by atoms with Crippen molar-refractivity contribution in [3.05, 3.63) is 81.6 Å². The summed E-state index contributed by atoms with van der Waals surface area (Å²) in [5.74, 6) is -1.26. The molecular weight excluding hydrogens is 314 g/mol. The van der Waals surface area contributed by atoms with E-state index in [1.165, 1.54) is 23.5 Å². The number of benzene rings is 2. The summed E-state index contributed by atoms with van der Waals surface area (Å²) in [7, 11) is 0. The normalized spacial score (nSPS) is 13.3. The Morgan fingerprint density at radius 1 is 1.09 bits per heavy atom. The van der Waals surface area contributed by atoms with Gasteiger partial charge < -0.3 is 4.57 Å². The van der Waals surface area contributed by atoms with Crippen molar-refractivity contribution in [1.29, 1.82) is 0 Å². The lowest BCUT2D eigenvalue weighted by Gasteiger charge is -2.16. The summed E-state index contributed by atoms with van der Waals surface area (Å²) < 4.78 is 29.0. The molecule has 2 aromatic carbocycles. The Bertz CT molecular complexity index is 882. The zero-order valence-corrected chi connectivity index (χ0v) is 13.6. The van der Waals surface area contributed by atoms with Gasteiger partial charge in [0.1, 0.15) is 11.5 Å². The van der Waals surface area contributed by atoms with E-state index in [2.05, 4.69) is 28.6 Å². The summed E-state index contributed by atoms with van der Waals surface area (Å²) >= 11 is 1.44. The zero-order valence-electron chi connectivity index (χ0n) is 12.8. The molecule has 23 heavy (non-hydrogen) atoms. The van der Waals surface area contributed by atoms with Crippen LogP contribution in [-0.4, -0.2) is 4.57 Å². The monoisotopic (exact) mass is 330 g/mol. The molecule has 1 heterocycles. The Morgan fingerprint density at radius 2 is 1.83 bits per heavy atom. The van der Waals surface area contributed by atoms with Crippen molar-refractivity contribution in [1.82, 2.24) is 4.57 Å². The average molecular weight is 330 g/mol. The number of nitrogens with zero attached hydrogens (tertiary/aromatic N) is 2. The summed E-state index contributed by atoms with van der Waals surface area (Å²) in [5.41, 5.74) is 2.34. The second-order valence-electron chi connectivity index (χ2n) is 5.32. The number of halogens is 2. The molecule has 2 nitrogen and oxygen atoms in total. The predicted octanol–water partition coefficient (Wildman–Crippen LogP) is 4.98. The minimum Gasteiger partial charge on any atom is -0.314 e. The van der Waals surface area contributed by atoms with Crippen LogP contribution in [0.5, 0.6) is 0 Å². The number of aromatic nitrogens is 1. The van der Waals surface area contributed by atoms with Crippen LogP contribution in [0.3, 0.4) is 0 Å². The highest BCUT2D eigenvalue weighted by molar-refractivity contribution is 7.07. The molecule has 0 amide bonds. The maximum Gasteiger partial charge on any atom is 0.190 e. The molecule has 0 N–H and O–H groups in total. The molecule has 5 heteroatoms. The summed E-state index contributed by atoms with van der Waals surface area (Å²) in [6.07, 6.45) is 0. The standard InChI is InChI=1S/C18H16F2N2S/c1-12-11-23-18(21-17-9-8-15(19)10-16(17)20)22(12)13(2)14-6-4-3-5-7-14/h3-11,13H,1-2H3. The van der Waals surface area contributed by atoms with Crippen molar-refractivity contribution < 1.29 is 8.78 Å². The highest BCUT2D eigenvalue weighted by atomic mass is 32.1. The second kappa shape index (κ2) is 6.46. The third kappa shape index (κ3) is 3.24. The van der Waals surface area contributed by atoms with Crippen molar-refractivity contribution in [3.63, 3.8) is 0 Å². The van der Waals surface area contributed by atoms with Crippen LogP contribution in [0.1, 0.15) is 24.2 Å². The fraction of sp³-hybridized carbons (Fsp3) is 0.167. The Kier molecular flexibility index (Phi) is 4.39. The number of thiazole rings is 1. The van der Waals surface area contributed by atoms with Crippen molar-refractivity contribution in [2.75, 3.05) is 0 Å². The third-order valence-corrected chi connectivity index (χ3v) is 4.67. The van der Waals surface area contributed by atoms with E-state index >= 15 is 0 Å². The van der Waals surface area contributed by atoms with Crippen molar-refractivity contribution in [2.24, 2.45) is 4.99 Å². The maximum absolute atomic E-state index is 13.9. The van der Waals surface area contributed by atoms with Gasteiger partial charge in [0.05, 0.1) is 6.04 Å². The van der Waals surface area contributed by atoms with E-state index in [1.807, 2.05) is 30.5 Å². The average Bonchev–Trinajstić information content (AvgIpc) is 2.91. The van der Waals surface area contributed by atoms with Gasteiger partial charge in [0, 0.05) is 17.1 Å². The number of hydrogen-bond donors (Lipinski definition) is 0. The lowest BCUT2D eigenvalue weighted by atomic mass is 10.1. The van der Waals surface area contributed by atoms with Crippen LogP contribution in [-0.2, 0) is 0 Å². The molecule has 0 aliphatic carbocycles. The SMILES string of the molecule is Cc1csc(=Nc2ccc(F)cc2F)n1C(C)c1ccccc1. The van der Waals surface area contributed by atoms with Gasteiger partial charge in [0.15, 0.2) is 10.6 Å².